The lowest BCUT2D eigenvalue weighted by atomic mass is 10.1. The predicted molar refractivity (Wildman–Crippen MR) is 117 cm³/mol. The van der Waals surface area contributed by atoms with E-state index >= 15 is 0 Å². The van der Waals surface area contributed by atoms with Crippen LogP contribution in [0.15, 0.2) is 41.5 Å². The lowest BCUT2D eigenvalue weighted by molar-refractivity contribution is 0.177. The van der Waals surface area contributed by atoms with E-state index in [0.717, 1.165) is 55.5 Å². The minimum absolute atomic E-state index is 0.270. The van der Waals surface area contributed by atoms with Crippen LogP contribution in [0.1, 0.15) is 30.6 Å². The molecule has 158 valence electrons. The first-order valence-electron chi connectivity index (χ1n) is 10.6. The molecule has 1 aromatic carbocycles. The van der Waals surface area contributed by atoms with Crippen LogP contribution in [0.25, 0.3) is 10.9 Å². The number of pyridine rings is 1. The van der Waals surface area contributed by atoms with Gasteiger partial charge in [-0.2, -0.15) is 5.10 Å². The number of hydrogen-bond donors (Lipinski definition) is 2. The smallest absolute Gasteiger partial charge is 0.191 e. The molecule has 0 amide bonds. The molecule has 0 spiro atoms. The van der Waals surface area contributed by atoms with Gasteiger partial charge >= 0.3 is 0 Å². The van der Waals surface area contributed by atoms with E-state index < -0.39 is 0 Å². The Morgan fingerprint density at radius 2 is 2.20 bits per heavy atom. The highest BCUT2D eigenvalue weighted by atomic mass is 16.5. The highest BCUT2D eigenvalue weighted by Crippen LogP contribution is 2.16. The number of para-hydroxylation sites is 1. The van der Waals surface area contributed by atoms with Crippen LogP contribution in [0.4, 0.5) is 0 Å². The van der Waals surface area contributed by atoms with Crippen LogP contribution in [-0.4, -0.2) is 51.9 Å². The molecule has 1 atom stereocenters. The van der Waals surface area contributed by atoms with Crippen molar-refractivity contribution in [3.8, 4) is 0 Å². The number of guanidine groups is 1. The number of benzene rings is 1. The first-order valence-corrected chi connectivity index (χ1v) is 10.6. The first kappa shape index (κ1) is 20.3. The van der Waals surface area contributed by atoms with Gasteiger partial charge < -0.3 is 15.4 Å². The van der Waals surface area contributed by atoms with Crippen LogP contribution in [0.3, 0.4) is 0 Å². The maximum Gasteiger partial charge on any atom is 0.191 e. The molecule has 3 aromatic rings. The molecule has 0 aliphatic carbocycles. The summed E-state index contributed by atoms with van der Waals surface area (Å²) in [4.78, 5) is 13.9. The molecular formula is C22H29N7O. The highest BCUT2D eigenvalue weighted by Gasteiger charge is 2.22. The summed E-state index contributed by atoms with van der Waals surface area (Å²) in [5.74, 6) is 2.62. The summed E-state index contributed by atoms with van der Waals surface area (Å²) in [5, 5.41) is 12.6. The second kappa shape index (κ2) is 9.67. The number of nitrogens with zero attached hydrogens (tertiary/aromatic N) is 5. The Morgan fingerprint density at radius 1 is 1.30 bits per heavy atom. The maximum absolute atomic E-state index is 5.15. The largest absolute Gasteiger partial charge is 0.377 e. The number of aromatic nitrogens is 4. The van der Waals surface area contributed by atoms with E-state index in [-0.39, 0.29) is 6.04 Å². The number of methoxy groups -OCH3 is 1. The van der Waals surface area contributed by atoms with E-state index in [1.54, 1.807) is 7.11 Å². The van der Waals surface area contributed by atoms with Crippen LogP contribution in [0.5, 0.6) is 0 Å². The molecule has 30 heavy (non-hydrogen) atoms. The zero-order chi connectivity index (χ0) is 20.8. The van der Waals surface area contributed by atoms with Crippen molar-refractivity contribution in [1.29, 1.82) is 0 Å². The number of nitrogens with one attached hydrogen (secondary N) is 2. The van der Waals surface area contributed by atoms with Gasteiger partial charge in [0.05, 0.1) is 12.1 Å². The van der Waals surface area contributed by atoms with E-state index in [0.29, 0.717) is 13.2 Å². The first-order chi connectivity index (χ1) is 14.8. The van der Waals surface area contributed by atoms with E-state index in [2.05, 4.69) is 56.9 Å². The van der Waals surface area contributed by atoms with Gasteiger partial charge in [-0.25, -0.2) is 9.67 Å². The number of aliphatic imine (C=N–C) groups is 1. The maximum atomic E-state index is 5.15. The van der Waals surface area contributed by atoms with Crippen molar-refractivity contribution in [3.63, 3.8) is 0 Å². The Bertz CT molecular complexity index is 1010. The van der Waals surface area contributed by atoms with Gasteiger partial charge in [0.2, 0.25) is 0 Å². The van der Waals surface area contributed by atoms with E-state index in [1.165, 1.54) is 10.9 Å². The average molecular weight is 408 g/mol. The SMILES string of the molecule is CCNC(=NCCc1cccc2cccnc12)NC1CCc2nc(COC)nn2C1. The normalized spacial score (nSPS) is 16.5. The third kappa shape index (κ3) is 4.76. The fraction of sp³-hybridized carbons (Fsp3) is 0.455. The van der Waals surface area contributed by atoms with Gasteiger partial charge in [-0.1, -0.05) is 24.3 Å². The Hall–Kier alpha value is -3.00. The van der Waals surface area contributed by atoms with Gasteiger partial charge in [0.1, 0.15) is 12.4 Å². The van der Waals surface area contributed by atoms with Crippen molar-refractivity contribution < 1.29 is 4.74 Å². The number of rotatable bonds is 7. The molecule has 3 heterocycles. The van der Waals surface area contributed by atoms with Crippen molar-refractivity contribution in [2.75, 3.05) is 20.2 Å². The van der Waals surface area contributed by atoms with E-state index in [1.807, 2.05) is 16.9 Å². The summed E-state index contributed by atoms with van der Waals surface area (Å²) in [7, 11) is 1.66. The second-order valence-electron chi connectivity index (χ2n) is 7.44. The molecule has 1 aliphatic heterocycles. The molecule has 0 bridgehead atoms. The Kier molecular flexibility index (Phi) is 6.53. The van der Waals surface area contributed by atoms with Gasteiger partial charge in [0, 0.05) is 44.2 Å². The lowest BCUT2D eigenvalue weighted by Crippen LogP contribution is -2.47. The van der Waals surface area contributed by atoms with Crippen molar-refractivity contribution in [2.45, 2.75) is 45.4 Å². The van der Waals surface area contributed by atoms with E-state index in [9.17, 15) is 0 Å². The average Bonchev–Trinajstić information content (AvgIpc) is 3.16. The molecule has 0 saturated heterocycles. The van der Waals surface area contributed by atoms with Crippen LogP contribution in [-0.2, 0) is 30.7 Å². The molecule has 0 fully saturated rings. The third-order valence-corrected chi connectivity index (χ3v) is 5.23. The molecule has 0 saturated carbocycles. The minimum Gasteiger partial charge on any atom is -0.377 e. The van der Waals surface area contributed by atoms with Crippen molar-refractivity contribution in [1.82, 2.24) is 30.4 Å². The van der Waals surface area contributed by atoms with Gasteiger partial charge in [-0.05, 0) is 31.4 Å². The summed E-state index contributed by atoms with van der Waals surface area (Å²) in [6, 6.07) is 10.7. The summed E-state index contributed by atoms with van der Waals surface area (Å²) in [6.45, 7) is 4.83. The number of fused-ring (bicyclic) bond motifs is 2. The molecule has 1 unspecified atom stereocenters. The van der Waals surface area contributed by atoms with Gasteiger partial charge in [0.25, 0.3) is 0 Å². The zero-order valence-electron chi connectivity index (χ0n) is 17.6. The fourth-order valence-corrected chi connectivity index (χ4v) is 3.84. The fourth-order valence-electron chi connectivity index (χ4n) is 3.84. The molecule has 8 nitrogen and oxygen atoms in total. The monoisotopic (exact) mass is 407 g/mol. The minimum atomic E-state index is 0.270. The highest BCUT2D eigenvalue weighted by molar-refractivity contribution is 5.82. The summed E-state index contributed by atoms with van der Waals surface area (Å²) in [5.41, 5.74) is 2.29. The van der Waals surface area contributed by atoms with Crippen LogP contribution in [0, 0.1) is 0 Å². The number of ether oxygens (including phenoxy) is 1. The van der Waals surface area contributed by atoms with Crippen molar-refractivity contribution in [3.05, 3.63) is 53.7 Å². The molecular weight excluding hydrogens is 378 g/mol. The zero-order valence-corrected chi connectivity index (χ0v) is 17.6. The van der Waals surface area contributed by atoms with Crippen molar-refractivity contribution >= 4 is 16.9 Å². The lowest BCUT2D eigenvalue weighted by Gasteiger charge is -2.25. The summed E-state index contributed by atoms with van der Waals surface area (Å²) < 4.78 is 7.14. The molecule has 8 heteroatoms. The second-order valence-corrected chi connectivity index (χ2v) is 7.44. The molecule has 2 aromatic heterocycles. The Morgan fingerprint density at radius 3 is 3.07 bits per heavy atom. The van der Waals surface area contributed by atoms with Crippen molar-refractivity contribution in [2.24, 2.45) is 4.99 Å². The predicted octanol–water partition coefficient (Wildman–Crippen LogP) is 2.09. The van der Waals surface area contributed by atoms with E-state index in [4.69, 9.17) is 9.73 Å². The summed E-state index contributed by atoms with van der Waals surface area (Å²) >= 11 is 0. The Balaban J connectivity index is 1.39. The number of hydrogen-bond acceptors (Lipinski definition) is 5. The van der Waals surface area contributed by atoms with Gasteiger partial charge in [-0.3, -0.25) is 9.98 Å². The molecule has 2 N–H and O–H groups in total. The van der Waals surface area contributed by atoms with Gasteiger partial charge in [-0.15, -0.1) is 0 Å². The summed E-state index contributed by atoms with van der Waals surface area (Å²) in [6.07, 6.45) is 4.60. The molecule has 0 radical (unpaired) electrons. The molecule has 4 rings (SSSR count). The van der Waals surface area contributed by atoms with Gasteiger partial charge in [0.15, 0.2) is 11.8 Å². The topological polar surface area (TPSA) is 89.2 Å². The van der Waals surface area contributed by atoms with Crippen LogP contribution >= 0.6 is 0 Å². The third-order valence-electron chi connectivity index (χ3n) is 5.23. The quantitative estimate of drug-likeness (QED) is 0.460. The van der Waals surface area contributed by atoms with Crippen LogP contribution < -0.4 is 10.6 Å². The Labute approximate surface area is 176 Å². The number of aryl methyl sites for hydroxylation is 1. The standard InChI is InChI=1S/C22H29N7O/c1-3-23-22(25-13-11-17-7-4-6-16-8-5-12-24-21(16)17)26-18-9-10-20-27-19(15-30-2)28-29(20)14-18/h4-8,12,18H,3,9-11,13-15H2,1-2H3,(H2,23,25,26). The molecule has 1 aliphatic rings. The van der Waals surface area contributed by atoms with Crippen LogP contribution in [0.2, 0.25) is 0 Å².